The Morgan fingerprint density at radius 1 is 1.40 bits per heavy atom. The number of anilines is 1. The molecule has 1 aromatic rings. The van der Waals surface area contributed by atoms with Crippen molar-refractivity contribution in [2.45, 2.75) is 29.7 Å². The van der Waals surface area contributed by atoms with Crippen molar-refractivity contribution in [2.24, 2.45) is 0 Å². The first kappa shape index (κ1) is 22.2. The lowest BCUT2D eigenvalue weighted by Gasteiger charge is -2.27. The largest absolute Gasteiger partial charge is 0.339 e. The van der Waals surface area contributed by atoms with Gasteiger partial charge in [0.15, 0.2) is 5.11 Å². The number of hydrogen-bond donors (Lipinski definition) is 3. The molecule has 1 amide bonds. The fourth-order valence-electron chi connectivity index (χ4n) is 1.67. The summed E-state index contributed by atoms with van der Waals surface area (Å²) in [5.41, 5.74) is 0.383. The summed E-state index contributed by atoms with van der Waals surface area (Å²) in [4.78, 5) is 22.0. The Balaban J connectivity index is 2.81. The highest BCUT2D eigenvalue weighted by atomic mass is 79.9. The standard InChI is InChI=1S/C13H14BrCl3N4O3S/c1-2-3-10(22)19-11(13(15,16)17)20-12(25)18-9-5-4-7(21(23)24)6-8(9)14/h4-6,11H,2-3H2,1H3,(H,19,22)(H2,18,20,25)/t11-/m1/s1. The molecule has 3 N–H and O–H groups in total. The van der Waals surface area contributed by atoms with Gasteiger partial charge in [-0.15, -0.1) is 0 Å². The number of nitrogens with one attached hydrogen (secondary N) is 3. The second-order valence-electron chi connectivity index (χ2n) is 4.81. The molecule has 0 unspecified atom stereocenters. The molecule has 0 bridgehead atoms. The van der Waals surface area contributed by atoms with Crippen LogP contribution in [0.4, 0.5) is 11.4 Å². The predicted octanol–water partition coefficient (Wildman–Crippen LogP) is 4.26. The van der Waals surface area contributed by atoms with Crippen molar-refractivity contribution >= 4 is 85.3 Å². The zero-order valence-electron chi connectivity index (χ0n) is 12.8. The third-order valence-corrected chi connectivity index (χ3v) is 4.33. The van der Waals surface area contributed by atoms with Crippen molar-refractivity contribution in [2.75, 3.05) is 5.32 Å². The van der Waals surface area contributed by atoms with Crippen LogP contribution >= 0.6 is 63.0 Å². The maximum absolute atomic E-state index is 11.7. The van der Waals surface area contributed by atoms with Crippen molar-refractivity contribution < 1.29 is 9.72 Å². The first-order valence-electron chi connectivity index (χ1n) is 6.92. The number of carbonyl (C=O) groups excluding carboxylic acids is 1. The number of rotatable bonds is 6. The van der Waals surface area contributed by atoms with Gasteiger partial charge in [-0.3, -0.25) is 14.9 Å². The van der Waals surface area contributed by atoms with Crippen LogP contribution in [0.5, 0.6) is 0 Å². The molecule has 138 valence electrons. The molecule has 0 aliphatic rings. The van der Waals surface area contributed by atoms with E-state index in [2.05, 4.69) is 31.9 Å². The topological polar surface area (TPSA) is 96.3 Å². The van der Waals surface area contributed by atoms with Gasteiger partial charge in [0.05, 0.1) is 10.6 Å². The minimum absolute atomic E-state index is 0.0580. The van der Waals surface area contributed by atoms with E-state index in [1.165, 1.54) is 18.2 Å². The molecule has 1 rings (SSSR count). The Hall–Kier alpha value is -0.870. The summed E-state index contributed by atoms with van der Waals surface area (Å²) >= 11 is 25.9. The van der Waals surface area contributed by atoms with Crippen molar-refractivity contribution in [3.63, 3.8) is 0 Å². The van der Waals surface area contributed by atoms with Gasteiger partial charge in [-0.1, -0.05) is 41.7 Å². The molecule has 0 aliphatic carbocycles. The van der Waals surface area contributed by atoms with Gasteiger partial charge in [0, 0.05) is 23.0 Å². The summed E-state index contributed by atoms with van der Waals surface area (Å²) in [6.07, 6.45) is -0.155. The number of non-ortho nitro benzene ring substituents is 1. The number of nitro benzene ring substituents is 1. The van der Waals surface area contributed by atoms with E-state index in [4.69, 9.17) is 47.0 Å². The predicted molar refractivity (Wildman–Crippen MR) is 107 cm³/mol. The maximum atomic E-state index is 11.7. The molecule has 25 heavy (non-hydrogen) atoms. The van der Waals surface area contributed by atoms with Crippen LogP contribution in [0.25, 0.3) is 0 Å². The highest BCUT2D eigenvalue weighted by Gasteiger charge is 2.34. The van der Waals surface area contributed by atoms with Crippen molar-refractivity contribution in [1.82, 2.24) is 10.6 Å². The Bertz CT molecular complexity index is 672. The van der Waals surface area contributed by atoms with Crippen LogP contribution in [0.15, 0.2) is 22.7 Å². The van der Waals surface area contributed by atoms with Gasteiger partial charge in [0.1, 0.15) is 6.17 Å². The van der Waals surface area contributed by atoms with Gasteiger partial charge in [0.25, 0.3) is 5.69 Å². The zero-order chi connectivity index (χ0) is 19.2. The highest BCUT2D eigenvalue weighted by molar-refractivity contribution is 9.10. The van der Waals surface area contributed by atoms with Crippen molar-refractivity contribution in [3.8, 4) is 0 Å². The van der Waals surface area contributed by atoms with E-state index in [0.717, 1.165) is 0 Å². The Morgan fingerprint density at radius 2 is 2.04 bits per heavy atom. The van der Waals surface area contributed by atoms with Crippen molar-refractivity contribution in [1.29, 1.82) is 0 Å². The second-order valence-corrected chi connectivity index (χ2v) is 8.44. The monoisotopic (exact) mass is 490 g/mol. The molecule has 12 heteroatoms. The van der Waals surface area contributed by atoms with Crippen LogP contribution in [0, 0.1) is 10.1 Å². The van der Waals surface area contributed by atoms with E-state index in [1.54, 1.807) is 0 Å². The van der Waals surface area contributed by atoms with Crippen molar-refractivity contribution in [3.05, 3.63) is 32.8 Å². The third kappa shape index (κ3) is 7.49. The number of thiocarbonyl (C=S) groups is 1. The molecule has 0 aromatic heterocycles. The summed E-state index contributed by atoms with van der Waals surface area (Å²) in [6, 6.07) is 4.10. The van der Waals surface area contributed by atoms with Gasteiger partial charge >= 0.3 is 0 Å². The summed E-state index contributed by atoms with van der Waals surface area (Å²) < 4.78 is -1.42. The van der Waals surface area contributed by atoms with Gasteiger partial charge < -0.3 is 16.0 Å². The van der Waals surface area contributed by atoms with E-state index < -0.39 is 14.9 Å². The third-order valence-electron chi connectivity index (χ3n) is 2.80. The number of nitrogens with zero attached hydrogens (tertiary/aromatic N) is 1. The molecule has 1 atom stereocenters. The lowest BCUT2D eigenvalue weighted by molar-refractivity contribution is -0.384. The second kappa shape index (κ2) is 9.72. The average molecular weight is 493 g/mol. The average Bonchev–Trinajstić information content (AvgIpc) is 2.47. The quantitative estimate of drug-likeness (QED) is 0.181. The van der Waals surface area contributed by atoms with Gasteiger partial charge in [0.2, 0.25) is 9.70 Å². The van der Waals surface area contributed by atoms with E-state index in [-0.39, 0.29) is 23.1 Å². The lowest BCUT2D eigenvalue weighted by atomic mass is 10.3. The van der Waals surface area contributed by atoms with Crippen LogP contribution in [0.2, 0.25) is 0 Å². The minimum Gasteiger partial charge on any atom is -0.339 e. The number of nitro groups is 1. The smallest absolute Gasteiger partial charge is 0.270 e. The number of carbonyl (C=O) groups is 1. The van der Waals surface area contributed by atoms with E-state index >= 15 is 0 Å². The van der Waals surface area contributed by atoms with Crippen LogP contribution in [-0.2, 0) is 4.79 Å². The number of amides is 1. The van der Waals surface area contributed by atoms with Gasteiger partial charge in [-0.2, -0.15) is 0 Å². The Kier molecular flexibility index (Phi) is 8.62. The van der Waals surface area contributed by atoms with Crippen LogP contribution in [0.3, 0.4) is 0 Å². The van der Waals surface area contributed by atoms with E-state index in [1.807, 2.05) is 6.92 Å². The number of halogens is 4. The van der Waals surface area contributed by atoms with Crippen LogP contribution in [0.1, 0.15) is 19.8 Å². The normalized spacial score (nSPS) is 12.2. The minimum atomic E-state index is -1.85. The molecule has 0 radical (unpaired) electrons. The first-order valence-corrected chi connectivity index (χ1v) is 9.25. The molecular formula is C13H14BrCl3N4O3S. The molecule has 0 spiro atoms. The zero-order valence-corrected chi connectivity index (χ0v) is 17.5. The molecule has 0 saturated heterocycles. The van der Waals surface area contributed by atoms with Crippen LogP contribution in [-0.4, -0.2) is 25.9 Å². The highest BCUT2D eigenvalue weighted by Crippen LogP contribution is 2.30. The fourth-order valence-corrected chi connectivity index (χ4v) is 2.69. The SMILES string of the molecule is CCCC(=O)N[C@H](NC(=S)Nc1ccc([N+](=O)[O-])cc1Br)C(Cl)(Cl)Cl. The molecule has 0 heterocycles. The molecular weight excluding hydrogens is 478 g/mol. The summed E-state index contributed by atoms with van der Waals surface area (Å²) in [5.74, 6) is -0.300. The summed E-state index contributed by atoms with van der Waals surface area (Å²) in [5, 5.41) is 18.8. The van der Waals surface area contributed by atoms with Gasteiger partial charge in [-0.05, 0) is 40.6 Å². The first-order chi connectivity index (χ1) is 11.5. The van der Waals surface area contributed by atoms with E-state index in [9.17, 15) is 14.9 Å². The fraction of sp³-hybridized carbons (Fsp3) is 0.385. The Morgan fingerprint density at radius 3 is 2.52 bits per heavy atom. The number of hydrogen-bond acceptors (Lipinski definition) is 4. The molecule has 0 aliphatic heterocycles. The molecule has 7 nitrogen and oxygen atoms in total. The molecule has 0 saturated carbocycles. The summed E-state index contributed by atoms with van der Waals surface area (Å²) in [6.45, 7) is 1.84. The summed E-state index contributed by atoms with van der Waals surface area (Å²) in [7, 11) is 0. The molecule has 0 fully saturated rings. The number of benzene rings is 1. The van der Waals surface area contributed by atoms with Crippen LogP contribution < -0.4 is 16.0 Å². The number of alkyl halides is 3. The lowest BCUT2D eigenvalue weighted by Crippen LogP contribution is -2.56. The van der Waals surface area contributed by atoms with E-state index in [0.29, 0.717) is 16.6 Å². The maximum Gasteiger partial charge on any atom is 0.270 e. The Labute approximate surface area is 173 Å². The molecule has 1 aromatic carbocycles. The van der Waals surface area contributed by atoms with Gasteiger partial charge in [-0.25, -0.2) is 0 Å².